The van der Waals surface area contributed by atoms with E-state index in [4.69, 9.17) is 0 Å². The third-order valence-corrected chi connectivity index (χ3v) is 5.84. The van der Waals surface area contributed by atoms with Gasteiger partial charge in [-0.15, -0.1) is 0 Å². The highest BCUT2D eigenvalue weighted by atomic mass is 32.2. The van der Waals surface area contributed by atoms with Gasteiger partial charge in [0, 0.05) is 18.6 Å². The standard InChI is InChI=1S/C14H22N2O2S/c1-14(2)9-4-10-16(14)19(17,18)13-7-5-12(6-8-13)11-15-3/h5-8,15H,4,9-11H2,1-3H3. The first kappa shape index (κ1) is 14.5. The molecule has 1 aliphatic rings. The maximum absolute atomic E-state index is 12.6. The van der Waals surface area contributed by atoms with Crippen LogP contribution >= 0.6 is 0 Å². The van der Waals surface area contributed by atoms with Crippen molar-refractivity contribution < 1.29 is 8.42 Å². The van der Waals surface area contributed by atoms with Gasteiger partial charge in [-0.2, -0.15) is 4.31 Å². The lowest BCUT2D eigenvalue weighted by molar-refractivity contribution is 0.291. The zero-order chi connectivity index (χ0) is 14.1. The number of rotatable bonds is 4. The van der Waals surface area contributed by atoms with Gasteiger partial charge in [0.15, 0.2) is 0 Å². The number of hydrogen-bond donors (Lipinski definition) is 1. The van der Waals surface area contributed by atoms with E-state index in [2.05, 4.69) is 5.32 Å². The molecule has 0 aromatic heterocycles. The predicted octanol–water partition coefficient (Wildman–Crippen LogP) is 1.97. The lowest BCUT2D eigenvalue weighted by atomic mass is 10.0. The number of hydrogen-bond acceptors (Lipinski definition) is 3. The van der Waals surface area contributed by atoms with Crippen molar-refractivity contribution in [1.82, 2.24) is 9.62 Å². The first-order valence-electron chi connectivity index (χ1n) is 6.64. The van der Waals surface area contributed by atoms with Gasteiger partial charge in [-0.1, -0.05) is 12.1 Å². The average molecular weight is 282 g/mol. The molecule has 106 valence electrons. The molecule has 1 N–H and O–H groups in total. The molecular weight excluding hydrogens is 260 g/mol. The highest BCUT2D eigenvalue weighted by molar-refractivity contribution is 7.89. The molecule has 4 nitrogen and oxygen atoms in total. The second kappa shape index (κ2) is 5.23. The highest BCUT2D eigenvalue weighted by Crippen LogP contribution is 2.33. The summed E-state index contributed by atoms with van der Waals surface area (Å²) < 4.78 is 26.9. The Balaban J connectivity index is 2.29. The fourth-order valence-electron chi connectivity index (χ4n) is 2.64. The van der Waals surface area contributed by atoms with Gasteiger partial charge in [-0.05, 0) is 51.4 Å². The Bertz CT molecular complexity index is 535. The smallest absolute Gasteiger partial charge is 0.243 e. The minimum absolute atomic E-state index is 0.275. The second-order valence-electron chi connectivity index (χ2n) is 5.67. The van der Waals surface area contributed by atoms with Crippen LogP contribution in [0.1, 0.15) is 32.3 Å². The zero-order valence-corrected chi connectivity index (χ0v) is 12.6. The van der Waals surface area contributed by atoms with Crippen LogP contribution in [0.2, 0.25) is 0 Å². The Kier molecular flexibility index (Phi) is 3.99. The van der Waals surface area contributed by atoms with Gasteiger partial charge in [0.25, 0.3) is 0 Å². The van der Waals surface area contributed by atoms with E-state index in [1.807, 2.05) is 33.0 Å². The average Bonchev–Trinajstić information content (AvgIpc) is 2.71. The van der Waals surface area contributed by atoms with E-state index in [0.29, 0.717) is 11.4 Å². The van der Waals surface area contributed by atoms with E-state index in [9.17, 15) is 8.42 Å². The molecule has 0 saturated carbocycles. The van der Waals surface area contributed by atoms with Crippen LogP contribution in [0.5, 0.6) is 0 Å². The van der Waals surface area contributed by atoms with E-state index >= 15 is 0 Å². The van der Waals surface area contributed by atoms with Crippen molar-refractivity contribution in [2.45, 2.75) is 43.7 Å². The summed E-state index contributed by atoms with van der Waals surface area (Å²) in [6.07, 6.45) is 1.86. The van der Waals surface area contributed by atoms with E-state index < -0.39 is 10.0 Å². The van der Waals surface area contributed by atoms with Crippen LogP contribution in [-0.2, 0) is 16.6 Å². The molecule has 0 spiro atoms. The highest BCUT2D eigenvalue weighted by Gasteiger charge is 2.40. The van der Waals surface area contributed by atoms with Gasteiger partial charge >= 0.3 is 0 Å². The van der Waals surface area contributed by atoms with E-state index in [1.165, 1.54) is 0 Å². The molecule has 1 fully saturated rings. The third-order valence-electron chi connectivity index (χ3n) is 3.72. The maximum Gasteiger partial charge on any atom is 0.243 e. The molecule has 19 heavy (non-hydrogen) atoms. The Hall–Kier alpha value is -0.910. The van der Waals surface area contributed by atoms with Crippen molar-refractivity contribution >= 4 is 10.0 Å². The van der Waals surface area contributed by atoms with Gasteiger partial charge < -0.3 is 5.32 Å². The van der Waals surface area contributed by atoms with Gasteiger partial charge in [-0.25, -0.2) is 8.42 Å². The molecule has 2 rings (SSSR count). The molecule has 0 aliphatic carbocycles. The molecule has 0 radical (unpaired) electrons. The minimum atomic E-state index is -3.37. The van der Waals surface area contributed by atoms with E-state index in [0.717, 1.165) is 24.9 Å². The van der Waals surface area contributed by atoms with Gasteiger partial charge in [-0.3, -0.25) is 0 Å². The van der Waals surface area contributed by atoms with Crippen molar-refractivity contribution in [3.05, 3.63) is 29.8 Å². The van der Waals surface area contributed by atoms with E-state index in [-0.39, 0.29) is 5.54 Å². The number of nitrogens with one attached hydrogen (secondary N) is 1. The van der Waals surface area contributed by atoms with Crippen LogP contribution in [0.4, 0.5) is 0 Å². The molecule has 1 heterocycles. The van der Waals surface area contributed by atoms with Gasteiger partial charge in [0.2, 0.25) is 10.0 Å². The number of sulfonamides is 1. The fourth-order valence-corrected chi connectivity index (χ4v) is 4.48. The van der Waals surface area contributed by atoms with Crippen LogP contribution in [-0.4, -0.2) is 31.9 Å². The molecule has 1 aromatic carbocycles. The van der Waals surface area contributed by atoms with Crippen LogP contribution in [0.25, 0.3) is 0 Å². The summed E-state index contributed by atoms with van der Waals surface area (Å²) in [5.41, 5.74) is 0.810. The van der Waals surface area contributed by atoms with Crippen molar-refractivity contribution in [3.8, 4) is 0 Å². The topological polar surface area (TPSA) is 49.4 Å². The molecule has 1 saturated heterocycles. The fraction of sp³-hybridized carbons (Fsp3) is 0.571. The summed E-state index contributed by atoms with van der Waals surface area (Å²) in [7, 11) is -1.49. The lowest BCUT2D eigenvalue weighted by Crippen LogP contribution is -2.42. The predicted molar refractivity (Wildman–Crippen MR) is 76.4 cm³/mol. The van der Waals surface area contributed by atoms with Crippen LogP contribution in [0, 0.1) is 0 Å². The number of nitrogens with zero attached hydrogens (tertiary/aromatic N) is 1. The Morgan fingerprint density at radius 3 is 2.37 bits per heavy atom. The summed E-state index contributed by atoms with van der Waals surface area (Å²) in [4.78, 5) is 0.391. The summed E-state index contributed by atoms with van der Waals surface area (Å²) in [5, 5.41) is 3.05. The number of benzene rings is 1. The molecule has 1 aliphatic heterocycles. The molecule has 5 heteroatoms. The van der Waals surface area contributed by atoms with E-state index in [1.54, 1.807) is 16.4 Å². The summed E-state index contributed by atoms with van der Waals surface area (Å²) in [5.74, 6) is 0. The normalized spacial score (nSPS) is 19.7. The maximum atomic E-state index is 12.6. The van der Waals surface area contributed by atoms with Crippen molar-refractivity contribution in [2.75, 3.05) is 13.6 Å². The molecule has 0 unspecified atom stereocenters. The molecule has 0 amide bonds. The third kappa shape index (κ3) is 2.83. The van der Waals surface area contributed by atoms with Crippen molar-refractivity contribution in [1.29, 1.82) is 0 Å². The lowest BCUT2D eigenvalue weighted by Gasteiger charge is -2.30. The van der Waals surface area contributed by atoms with Gasteiger partial charge in [0.05, 0.1) is 4.90 Å². The van der Waals surface area contributed by atoms with Gasteiger partial charge in [0.1, 0.15) is 0 Å². The first-order chi connectivity index (χ1) is 8.88. The molecule has 1 aromatic rings. The quantitative estimate of drug-likeness (QED) is 0.918. The SMILES string of the molecule is CNCc1ccc(S(=O)(=O)N2CCCC2(C)C)cc1. The zero-order valence-electron chi connectivity index (χ0n) is 11.8. The summed E-state index contributed by atoms with van der Waals surface area (Å²) in [6, 6.07) is 7.14. The Labute approximate surface area is 115 Å². The molecular formula is C14H22N2O2S. The summed E-state index contributed by atoms with van der Waals surface area (Å²) >= 11 is 0. The molecule has 0 atom stereocenters. The van der Waals surface area contributed by atoms with Crippen molar-refractivity contribution in [3.63, 3.8) is 0 Å². The summed E-state index contributed by atoms with van der Waals surface area (Å²) in [6.45, 7) is 5.35. The first-order valence-corrected chi connectivity index (χ1v) is 8.08. The molecule has 0 bridgehead atoms. The van der Waals surface area contributed by atoms with Crippen LogP contribution in [0.3, 0.4) is 0 Å². The van der Waals surface area contributed by atoms with Crippen molar-refractivity contribution in [2.24, 2.45) is 0 Å². The Morgan fingerprint density at radius 2 is 1.89 bits per heavy atom. The van der Waals surface area contributed by atoms with Crippen LogP contribution < -0.4 is 5.32 Å². The largest absolute Gasteiger partial charge is 0.316 e. The Morgan fingerprint density at radius 1 is 1.26 bits per heavy atom. The monoisotopic (exact) mass is 282 g/mol. The van der Waals surface area contributed by atoms with Crippen LogP contribution in [0.15, 0.2) is 29.2 Å². The second-order valence-corrected chi connectivity index (χ2v) is 7.53. The minimum Gasteiger partial charge on any atom is -0.316 e.